The van der Waals surface area contributed by atoms with Crippen LogP contribution in [0.25, 0.3) is 16.6 Å². The van der Waals surface area contributed by atoms with Crippen LogP contribution in [-0.2, 0) is 6.18 Å². The van der Waals surface area contributed by atoms with Crippen molar-refractivity contribution in [3.63, 3.8) is 0 Å². The van der Waals surface area contributed by atoms with E-state index in [-0.39, 0.29) is 35.1 Å². The second kappa shape index (κ2) is 11.6. The smallest absolute Gasteiger partial charge is 0.369 e. The minimum Gasteiger partial charge on any atom is -0.369 e. The highest BCUT2D eigenvalue weighted by atomic mass is 19.4. The van der Waals surface area contributed by atoms with E-state index in [2.05, 4.69) is 20.7 Å². The van der Waals surface area contributed by atoms with E-state index in [1.165, 1.54) is 28.9 Å². The Balaban J connectivity index is 1.33. The number of amides is 1. The first kappa shape index (κ1) is 28.1. The van der Waals surface area contributed by atoms with Gasteiger partial charge in [-0.2, -0.15) is 23.5 Å². The molecule has 5 aromatic rings. The normalized spacial score (nSPS) is 11.3. The molecule has 0 aliphatic rings. The van der Waals surface area contributed by atoms with Crippen molar-refractivity contribution in [1.29, 1.82) is 5.26 Å². The van der Waals surface area contributed by atoms with Gasteiger partial charge >= 0.3 is 6.18 Å². The Morgan fingerprint density at radius 3 is 2.36 bits per heavy atom. The highest BCUT2D eigenvalue weighted by Gasteiger charge is 2.31. The lowest BCUT2D eigenvalue weighted by Gasteiger charge is -2.11. The first-order valence-electron chi connectivity index (χ1n) is 12.8. The van der Waals surface area contributed by atoms with E-state index < -0.39 is 23.3 Å². The SMILES string of the molecule is N#Cc1c(C(=O)c2ccc(C(F)(F)F)cc2)nn(-c2ccc(F)cc2)c1NCCCNC(=O)c1ccc2cc[nH]c2c1. The zero-order valence-corrected chi connectivity index (χ0v) is 21.8. The monoisotopic (exact) mass is 574 g/mol. The number of halogens is 4. The van der Waals surface area contributed by atoms with Gasteiger partial charge < -0.3 is 15.6 Å². The predicted octanol–water partition coefficient (Wildman–Crippen LogP) is 5.85. The summed E-state index contributed by atoms with van der Waals surface area (Å²) in [6, 6.07) is 17.9. The molecule has 42 heavy (non-hydrogen) atoms. The van der Waals surface area contributed by atoms with Gasteiger partial charge in [0.2, 0.25) is 5.78 Å². The zero-order chi connectivity index (χ0) is 29.9. The quantitative estimate of drug-likeness (QED) is 0.116. The molecule has 1 amide bonds. The van der Waals surface area contributed by atoms with Crippen LogP contribution in [-0.4, -0.2) is 39.5 Å². The average molecular weight is 575 g/mol. The molecule has 0 saturated heterocycles. The molecule has 0 aliphatic heterocycles. The number of alkyl halides is 3. The summed E-state index contributed by atoms with van der Waals surface area (Å²) in [6.45, 7) is 0.546. The van der Waals surface area contributed by atoms with E-state index in [0.29, 0.717) is 24.2 Å². The number of nitriles is 1. The maximum absolute atomic E-state index is 13.6. The summed E-state index contributed by atoms with van der Waals surface area (Å²) in [6.07, 6.45) is -2.36. The number of H-pyrrole nitrogens is 1. The van der Waals surface area contributed by atoms with Crippen LogP contribution in [0.2, 0.25) is 0 Å². The number of hydrogen-bond acceptors (Lipinski definition) is 5. The van der Waals surface area contributed by atoms with E-state index in [9.17, 15) is 32.4 Å². The van der Waals surface area contributed by atoms with Gasteiger partial charge in [0.15, 0.2) is 5.69 Å². The molecular weight excluding hydrogens is 552 g/mol. The number of anilines is 1. The van der Waals surface area contributed by atoms with Crippen LogP contribution in [0, 0.1) is 17.1 Å². The van der Waals surface area contributed by atoms with Gasteiger partial charge in [0.25, 0.3) is 5.91 Å². The summed E-state index contributed by atoms with van der Waals surface area (Å²) in [7, 11) is 0. The predicted molar refractivity (Wildman–Crippen MR) is 147 cm³/mol. The van der Waals surface area contributed by atoms with Crippen LogP contribution in [0.5, 0.6) is 0 Å². The summed E-state index contributed by atoms with van der Waals surface area (Å²) in [5.74, 6) is -1.38. The van der Waals surface area contributed by atoms with Crippen LogP contribution in [0.4, 0.5) is 23.4 Å². The summed E-state index contributed by atoms with van der Waals surface area (Å²) < 4.78 is 53.8. The molecule has 8 nitrogen and oxygen atoms in total. The number of carbonyl (C=O) groups excluding carboxylic acids is 2. The van der Waals surface area contributed by atoms with E-state index in [4.69, 9.17) is 0 Å². The van der Waals surface area contributed by atoms with Gasteiger partial charge in [-0.1, -0.05) is 18.2 Å². The number of aromatic nitrogens is 3. The number of rotatable bonds is 9. The van der Waals surface area contributed by atoms with Crippen LogP contribution < -0.4 is 10.6 Å². The largest absolute Gasteiger partial charge is 0.416 e. The van der Waals surface area contributed by atoms with Gasteiger partial charge in [0.1, 0.15) is 23.3 Å². The van der Waals surface area contributed by atoms with Crippen molar-refractivity contribution < 1.29 is 27.2 Å². The standard InChI is InChI=1S/C30H22F4N6O2/c31-22-8-10-23(11-9-22)40-28(37-13-1-14-38-29(42)20-3-2-18-12-15-36-25(18)16-20)24(17-35)26(39-40)27(41)19-4-6-21(7-5-19)30(32,33)34/h2-12,15-16,36-37H,1,13-14H2,(H,38,42). The Bertz CT molecular complexity index is 1800. The lowest BCUT2D eigenvalue weighted by atomic mass is 10.0. The Morgan fingerprint density at radius 1 is 0.952 bits per heavy atom. The van der Waals surface area contributed by atoms with Crippen LogP contribution >= 0.6 is 0 Å². The lowest BCUT2D eigenvalue weighted by Crippen LogP contribution is -2.26. The highest BCUT2D eigenvalue weighted by Crippen LogP contribution is 2.30. The Hall–Kier alpha value is -5.44. The number of fused-ring (bicyclic) bond motifs is 1. The summed E-state index contributed by atoms with van der Waals surface area (Å²) in [5.41, 5.74) is 0.250. The van der Waals surface area contributed by atoms with Crippen molar-refractivity contribution in [3.8, 4) is 11.8 Å². The summed E-state index contributed by atoms with van der Waals surface area (Å²) in [4.78, 5) is 28.9. The fourth-order valence-corrected chi connectivity index (χ4v) is 4.35. The third-order valence-corrected chi connectivity index (χ3v) is 6.51. The van der Waals surface area contributed by atoms with Gasteiger partial charge in [0.05, 0.1) is 11.3 Å². The van der Waals surface area contributed by atoms with Crippen molar-refractivity contribution in [1.82, 2.24) is 20.1 Å². The van der Waals surface area contributed by atoms with Crippen molar-refractivity contribution in [2.24, 2.45) is 0 Å². The van der Waals surface area contributed by atoms with Crippen LogP contribution in [0.15, 0.2) is 79.0 Å². The second-order valence-electron chi connectivity index (χ2n) is 9.29. The van der Waals surface area contributed by atoms with Crippen molar-refractivity contribution in [3.05, 3.63) is 113 Å². The van der Waals surface area contributed by atoms with Crippen LogP contribution in [0.3, 0.4) is 0 Å². The van der Waals surface area contributed by atoms with E-state index in [1.807, 2.05) is 18.2 Å². The van der Waals surface area contributed by atoms with Gasteiger partial charge in [-0.05, 0) is 66.4 Å². The topological polar surface area (TPSA) is 116 Å². The molecule has 0 saturated carbocycles. The Labute approximate surface area is 236 Å². The molecule has 0 aliphatic carbocycles. The number of benzene rings is 3. The molecule has 0 atom stereocenters. The molecule has 0 spiro atoms. The molecule has 0 bridgehead atoms. The number of hydrogen-bond donors (Lipinski definition) is 3. The third kappa shape index (κ3) is 5.85. The second-order valence-corrected chi connectivity index (χ2v) is 9.29. The maximum Gasteiger partial charge on any atom is 0.416 e. The Kier molecular flexibility index (Phi) is 7.75. The Morgan fingerprint density at radius 2 is 1.67 bits per heavy atom. The van der Waals surface area contributed by atoms with E-state index >= 15 is 0 Å². The molecule has 212 valence electrons. The molecule has 12 heteroatoms. The van der Waals surface area contributed by atoms with Gasteiger partial charge in [0, 0.05) is 35.9 Å². The van der Waals surface area contributed by atoms with E-state index in [0.717, 1.165) is 35.2 Å². The average Bonchev–Trinajstić information content (AvgIpc) is 3.60. The molecule has 3 N–H and O–H groups in total. The van der Waals surface area contributed by atoms with Crippen molar-refractivity contribution >= 4 is 28.4 Å². The first-order chi connectivity index (χ1) is 20.2. The molecule has 2 heterocycles. The molecular formula is C30H22F4N6O2. The lowest BCUT2D eigenvalue weighted by molar-refractivity contribution is -0.137. The first-order valence-corrected chi connectivity index (χ1v) is 12.8. The number of carbonyl (C=O) groups is 2. The molecule has 2 aromatic heterocycles. The van der Waals surface area contributed by atoms with Gasteiger partial charge in [-0.3, -0.25) is 9.59 Å². The zero-order valence-electron chi connectivity index (χ0n) is 21.8. The minimum atomic E-state index is -4.57. The third-order valence-electron chi connectivity index (χ3n) is 6.51. The van der Waals surface area contributed by atoms with E-state index in [1.54, 1.807) is 18.3 Å². The fraction of sp³-hybridized carbons (Fsp3) is 0.133. The molecule has 5 rings (SSSR count). The van der Waals surface area contributed by atoms with Gasteiger partial charge in [-0.15, -0.1) is 0 Å². The van der Waals surface area contributed by atoms with Crippen molar-refractivity contribution in [2.75, 3.05) is 18.4 Å². The maximum atomic E-state index is 13.6. The fourth-order valence-electron chi connectivity index (χ4n) is 4.35. The van der Waals surface area contributed by atoms with Gasteiger partial charge in [-0.25, -0.2) is 9.07 Å². The summed E-state index contributed by atoms with van der Waals surface area (Å²) >= 11 is 0. The molecule has 0 fully saturated rings. The molecule has 3 aromatic carbocycles. The number of nitrogens with one attached hydrogen (secondary N) is 3. The number of nitrogens with zero attached hydrogens (tertiary/aromatic N) is 3. The molecule has 0 unspecified atom stereocenters. The van der Waals surface area contributed by atoms with Crippen molar-refractivity contribution in [2.45, 2.75) is 12.6 Å². The highest BCUT2D eigenvalue weighted by molar-refractivity contribution is 6.10. The number of aromatic amines is 1. The molecule has 0 radical (unpaired) electrons. The van der Waals surface area contributed by atoms with Crippen LogP contribution in [0.1, 0.15) is 44.0 Å². The summed E-state index contributed by atoms with van der Waals surface area (Å²) in [5, 5.41) is 21.1. The number of ketones is 1. The minimum absolute atomic E-state index is 0.0879.